The Morgan fingerprint density at radius 1 is 1.20 bits per heavy atom. The Morgan fingerprint density at radius 3 is 2.37 bits per heavy atom. The van der Waals surface area contributed by atoms with Gasteiger partial charge < -0.3 is 15.0 Å². The molecule has 9 heteroatoms. The number of hydrogen-bond acceptors (Lipinski definition) is 6. The highest BCUT2D eigenvalue weighted by Crippen LogP contribution is 2.40. The van der Waals surface area contributed by atoms with E-state index in [1.165, 1.54) is 12.1 Å². The van der Waals surface area contributed by atoms with E-state index in [9.17, 15) is 18.0 Å². The average molecular weight is 439 g/mol. The van der Waals surface area contributed by atoms with Gasteiger partial charge in [-0.1, -0.05) is 17.7 Å². The van der Waals surface area contributed by atoms with Gasteiger partial charge in [-0.2, -0.15) is 8.42 Å². The van der Waals surface area contributed by atoms with Crippen molar-refractivity contribution in [3.8, 4) is 0 Å². The number of nitrogens with one attached hydrogen (secondary N) is 1. The number of nitrogens with zero attached hydrogens (tertiary/aromatic N) is 1. The average Bonchev–Trinajstić information content (AvgIpc) is 2.95. The van der Waals surface area contributed by atoms with Gasteiger partial charge in [-0.05, 0) is 59.1 Å². The molecule has 0 aromatic heterocycles. The van der Waals surface area contributed by atoms with Gasteiger partial charge in [-0.3, -0.25) is 8.98 Å². The highest BCUT2D eigenvalue weighted by Gasteiger charge is 2.49. The number of carbonyl (C=O) groups is 2. The second-order valence-electron chi connectivity index (χ2n) is 9.17. The van der Waals surface area contributed by atoms with E-state index in [0.29, 0.717) is 32.4 Å². The quantitative estimate of drug-likeness (QED) is 0.725. The van der Waals surface area contributed by atoms with Gasteiger partial charge in [0.15, 0.2) is 0 Å². The zero-order chi connectivity index (χ0) is 22.2. The highest BCUT2D eigenvalue weighted by molar-refractivity contribution is 7.86. The van der Waals surface area contributed by atoms with Gasteiger partial charge in [0.25, 0.3) is 10.1 Å². The number of hydrogen-bond donors (Lipinski definition) is 1. The molecule has 8 nitrogen and oxygen atoms in total. The van der Waals surface area contributed by atoms with Crippen LogP contribution in [0.2, 0.25) is 0 Å². The molecule has 1 aromatic carbocycles. The Balaban J connectivity index is 1.55. The number of likely N-dealkylation sites (tertiary alicyclic amines) is 1. The molecule has 0 bridgehead atoms. The minimum absolute atomic E-state index is 0.0952. The summed E-state index contributed by atoms with van der Waals surface area (Å²) in [5, 5.41) is 2.87. The molecule has 2 aliphatic rings. The van der Waals surface area contributed by atoms with Gasteiger partial charge in [0.1, 0.15) is 5.60 Å². The van der Waals surface area contributed by atoms with Crippen molar-refractivity contribution in [2.45, 2.75) is 63.5 Å². The Kier molecular flexibility index (Phi) is 6.15. The Labute approximate surface area is 178 Å². The van der Waals surface area contributed by atoms with Crippen LogP contribution >= 0.6 is 0 Å². The minimum atomic E-state index is -3.88. The van der Waals surface area contributed by atoms with Crippen LogP contribution in [-0.4, -0.2) is 56.7 Å². The van der Waals surface area contributed by atoms with Crippen LogP contribution in [0.25, 0.3) is 0 Å². The SMILES string of the molecule is Cc1ccc(S(=O)(=O)OCC2CC3(CCN(C(=O)OC(C)(C)C)CC3)C(=O)N2)cc1. The fraction of sp³-hybridized carbons (Fsp3) is 0.619. The summed E-state index contributed by atoms with van der Waals surface area (Å²) in [4.78, 5) is 26.6. The topological polar surface area (TPSA) is 102 Å². The van der Waals surface area contributed by atoms with Crippen LogP contribution in [0.3, 0.4) is 0 Å². The maximum Gasteiger partial charge on any atom is 0.410 e. The molecule has 0 saturated carbocycles. The largest absolute Gasteiger partial charge is 0.444 e. The Hall–Kier alpha value is -2.13. The minimum Gasteiger partial charge on any atom is -0.444 e. The number of piperidine rings is 1. The van der Waals surface area contributed by atoms with Gasteiger partial charge in [0.05, 0.1) is 23.0 Å². The second-order valence-corrected chi connectivity index (χ2v) is 10.8. The van der Waals surface area contributed by atoms with E-state index < -0.39 is 21.1 Å². The number of carbonyl (C=O) groups excluding carboxylic acids is 2. The lowest BCUT2D eigenvalue weighted by Crippen LogP contribution is -2.47. The van der Waals surface area contributed by atoms with Crippen molar-refractivity contribution in [3.05, 3.63) is 29.8 Å². The van der Waals surface area contributed by atoms with E-state index in [-0.39, 0.29) is 29.5 Å². The molecule has 2 saturated heterocycles. The molecule has 2 aliphatic heterocycles. The molecule has 0 aliphatic carbocycles. The smallest absolute Gasteiger partial charge is 0.410 e. The Bertz CT molecular complexity index is 896. The summed E-state index contributed by atoms with van der Waals surface area (Å²) in [6.45, 7) is 8.07. The van der Waals surface area contributed by atoms with Crippen molar-refractivity contribution in [1.82, 2.24) is 10.2 Å². The molecular weight excluding hydrogens is 408 g/mol. The third-order valence-electron chi connectivity index (χ3n) is 5.56. The summed E-state index contributed by atoms with van der Waals surface area (Å²) in [6, 6.07) is 6.05. The van der Waals surface area contributed by atoms with Crippen molar-refractivity contribution in [1.29, 1.82) is 0 Å². The molecule has 30 heavy (non-hydrogen) atoms. The maximum absolute atomic E-state index is 12.6. The fourth-order valence-corrected chi connectivity index (χ4v) is 4.82. The van der Waals surface area contributed by atoms with Gasteiger partial charge >= 0.3 is 6.09 Å². The third-order valence-corrected chi connectivity index (χ3v) is 6.86. The molecular formula is C21H30N2O6S. The van der Waals surface area contributed by atoms with Crippen LogP contribution in [0.4, 0.5) is 4.79 Å². The van der Waals surface area contributed by atoms with Crippen molar-refractivity contribution in [2.24, 2.45) is 5.41 Å². The summed E-state index contributed by atoms with van der Waals surface area (Å²) in [5.74, 6) is -0.104. The zero-order valence-corrected chi connectivity index (χ0v) is 18.8. The van der Waals surface area contributed by atoms with E-state index >= 15 is 0 Å². The normalized spacial score (nSPS) is 21.5. The van der Waals surface area contributed by atoms with Gasteiger partial charge in [-0.25, -0.2) is 4.79 Å². The van der Waals surface area contributed by atoms with Crippen LogP contribution in [0.1, 0.15) is 45.6 Å². The van der Waals surface area contributed by atoms with Crippen molar-refractivity contribution in [2.75, 3.05) is 19.7 Å². The summed E-state index contributed by atoms with van der Waals surface area (Å²) >= 11 is 0. The summed E-state index contributed by atoms with van der Waals surface area (Å²) in [6.07, 6.45) is 1.13. The van der Waals surface area contributed by atoms with E-state index in [1.54, 1.807) is 17.0 Å². The molecule has 1 spiro atoms. The predicted octanol–water partition coefficient (Wildman–Crippen LogP) is 2.61. The summed E-state index contributed by atoms with van der Waals surface area (Å²) in [7, 11) is -3.88. The van der Waals surface area contributed by atoms with Crippen LogP contribution in [0.15, 0.2) is 29.2 Å². The number of ether oxygens (including phenoxy) is 1. The first-order chi connectivity index (χ1) is 13.9. The lowest BCUT2D eigenvalue weighted by Gasteiger charge is -2.37. The molecule has 2 amide bonds. The van der Waals surface area contributed by atoms with Gasteiger partial charge in [0, 0.05) is 13.1 Å². The molecule has 2 heterocycles. The first-order valence-electron chi connectivity index (χ1n) is 10.2. The van der Waals surface area contributed by atoms with Crippen LogP contribution in [0.5, 0.6) is 0 Å². The van der Waals surface area contributed by atoms with Crippen molar-refractivity contribution < 1.29 is 26.9 Å². The standard InChI is InChI=1S/C21H30N2O6S/c1-15-5-7-17(8-6-15)30(26,27)28-14-16-13-21(18(24)22-16)9-11-23(12-10-21)19(25)29-20(2,3)4/h5-8,16H,9-14H2,1-4H3,(H,22,24). The van der Waals surface area contributed by atoms with Crippen LogP contribution in [0, 0.1) is 12.3 Å². The maximum atomic E-state index is 12.6. The third kappa shape index (κ3) is 5.13. The first-order valence-corrected chi connectivity index (χ1v) is 11.6. The van der Waals surface area contributed by atoms with E-state index in [4.69, 9.17) is 8.92 Å². The van der Waals surface area contributed by atoms with Crippen LogP contribution in [-0.2, 0) is 23.8 Å². The predicted molar refractivity (Wildman–Crippen MR) is 110 cm³/mol. The number of rotatable bonds is 4. The molecule has 1 N–H and O–H groups in total. The molecule has 1 atom stereocenters. The lowest BCUT2D eigenvalue weighted by molar-refractivity contribution is -0.130. The Morgan fingerprint density at radius 2 is 1.80 bits per heavy atom. The van der Waals surface area contributed by atoms with Crippen molar-refractivity contribution >= 4 is 22.1 Å². The van der Waals surface area contributed by atoms with Gasteiger partial charge in [0.2, 0.25) is 5.91 Å². The molecule has 0 radical (unpaired) electrons. The fourth-order valence-electron chi connectivity index (χ4n) is 3.87. The monoisotopic (exact) mass is 438 g/mol. The number of benzene rings is 1. The highest BCUT2D eigenvalue weighted by atomic mass is 32.2. The van der Waals surface area contributed by atoms with E-state index in [1.807, 2.05) is 27.7 Å². The summed E-state index contributed by atoms with van der Waals surface area (Å²) < 4.78 is 35.4. The molecule has 2 fully saturated rings. The van der Waals surface area contributed by atoms with Crippen LogP contribution < -0.4 is 5.32 Å². The molecule has 3 rings (SSSR count). The number of amides is 2. The van der Waals surface area contributed by atoms with E-state index in [0.717, 1.165) is 5.56 Å². The lowest BCUT2D eigenvalue weighted by atomic mass is 9.76. The molecule has 1 aromatic rings. The molecule has 1 unspecified atom stereocenters. The summed E-state index contributed by atoms with van der Waals surface area (Å²) in [5.41, 5.74) is -0.209. The molecule has 166 valence electrons. The zero-order valence-electron chi connectivity index (χ0n) is 17.9. The van der Waals surface area contributed by atoms with Gasteiger partial charge in [-0.15, -0.1) is 0 Å². The first kappa shape index (κ1) is 22.6. The second kappa shape index (κ2) is 8.19. The van der Waals surface area contributed by atoms with Crippen molar-refractivity contribution in [3.63, 3.8) is 0 Å². The number of aryl methyl sites for hydroxylation is 1. The van der Waals surface area contributed by atoms with E-state index in [2.05, 4.69) is 5.32 Å².